The molecule has 0 spiro atoms. The number of hydrogen-bond acceptors (Lipinski definition) is 5. The maximum absolute atomic E-state index is 13.3. The number of Topliss-reactive ketones (excluding diaryl/α,β-unsaturated/α-hetero) is 1. The highest BCUT2D eigenvalue weighted by Gasteiger charge is 2.50. The molecule has 1 fully saturated rings. The smallest absolute Gasteiger partial charge is 0.231 e. The predicted molar refractivity (Wildman–Crippen MR) is 118 cm³/mol. The van der Waals surface area contributed by atoms with E-state index < -0.39 is 5.41 Å². The molecule has 0 N–H and O–H groups in total. The molecule has 5 rings (SSSR count). The molecule has 0 radical (unpaired) electrons. The number of benzene rings is 2. The van der Waals surface area contributed by atoms with Crippen LogP contribution in [0.3, 0.4) is 0 Å². The zero-order valence-electron chi connectivity index (χ0n) is 18.0. The molecule has 31 heavy (non-hydrogen) atoms. The van der Waals surface area contributed by atoms with Gasteiger partial charge >= 0.3 is 0 Å². The van der Waals surface area contributed by atoms with Gasteiger partial charge in [-0.3, -0.25) is 9.78 Å². The Kier molecular flexibility index (Phi) is 4.69. The number of hydrogen-bond donors (Lipinski definition) is 0. The summed E-state index contributed by atoms with van der Waals surface area (Å²) in [4.78, 5) is 18.1. The highest BCUT2D eigenvalue weighted by Crippen LogP contribution is 2.51. The summed E-state index contributed by atoms with van der Waals surface area (Å²) in [6.07, 6.45) is 2.04. The quantitative estimate of drug-likeness (QED) is 0.570. The molecule has 0 amide bonds. The van der Waals surface area contributed by atoms with Gasteiger partial charge in [0.05, 0.1) is 18.2 Å². The fourth-order valence-electron chi connectivity index (χ4n) is 4.54. The lowest BCUT2D eigenvalue weighted by molar-refractivity contribution is -0.120. The van der Waals surface area contributed by atoms with E-state index in [1.54, 1.807) is 7.11 Å². The summed E-state index contributed by atoms with van der Waals surface area (Å²) < 4.78 is 16.4. The lowest BCUT2D eigenvalue weighted by Gasteiger charge is -2.15. The van der Waals surface area contributed by atoms with Crippen LogP contribution >= 0.6 is 0 Å². The van der Waals surface area contributed by atoms with Gasteiger partial charge in [-0.1, -0.05) is 12.1 Å². The number of fused-ring (bicyclic) bond motifs is 1. The fraction of sp³-hybridized carbons (Fsp3) is 0.308. The Morgan fingerprint density at radius 2 is 1.77 bits per heavy atom. The van der Waals surface area contributed by atoms with Crippen molar-refractivity contribution in [2.24, 2.45) is 0 Å². The number of ketones is 1. The van der Waals surface area contributed by atoms with Crippen molar-refractivity contribution < 1.29 is 19.0 Å². The number of aromatic nitrogens is 1. The van der Waals surface area contributed by atoms with Gasteiger partial charge in [0, 0.05) is 17.7 Å². The molecule has 0 saturated heterocycles. The fourth-order valence-corrected chi connectivity index (χ4v) is 4.54. The van der Waals surface area contributed by atoms with Crippen molar-refractivity contribution in [2.45, 2.75) is 38.5 Å². The van der Waals surface area contributed by atoms with Crippen molar-refractivity contribution in [1.82, 2.24) is 4.98 Å². The van der Waals surface area contributed by atoms with E-state index in [-0.39, 0.29) is 12.6 Å². The van der Waals surface area contributed by atoms with Gasteiger partial charge in [-0.15, -0.1) is 0 Å². The molecular weight excluding hydrogens is 390 g/mol. The zero-order chi connectivity index (χ0) is 21.6. The van der Waals surface area contributed by atoms with Crippen LogP contribution in [0.15, 0.2) is 48.5 Å². The number of pyridine rings is 1. The number of aryl methyl sites for hydroxylation is 2. The normalized spacial score (nSPS) is 15.6. The van der Waals surface area contributed by atoms with Gasteiger partial charge in [0.25, 0.3) is 0 Å². The minimum absolute atomic E-state index is 0.207. The third-order valence-corrected chi connectivity index (χ3v) is 6.32. The molecule has 0 atom stereocenters. The standard InChI is InChI=1S/C26H25NO4/c1-16-11-18(12-17(2)25(16)29-3)21-6-4-5-20(27-21)14-24(28)26(9-10-26)19-7-8-22-23(13-19)31-15-30-22/h4-8,11-13H,9-10,14-15H2,1-3H3. The first-order valence-corrected chi connectivity index (χ1v) is 10.6. The average molecular weight is 415 g/mol. The predicted octanol–water partition coefficient (Wildman–Crippen LogP) is 4.95. The highest BCUT2D eigenvalue weighted by atomic mass is 16.7. The summed E-state index contributed by atoms with van der Waals surface area (Å²) in [5.74, 6) is 2.57. The molecule has 1 aromatic heterocycles. The van der Waals surface area contributed by atoms with Crippen molar-refractivity contribution in [3.63, 3.8) is 0 Å². The van der Waals surface area contributed by atoms with Crippen LogP contribution in [-0.4, -0.2) is 24.7 Å². The number of carbonyl (C=O) groups is 1. The first-order valence-electron chi connectivity index (χ1n) is 10.6. The summed E-state index contributed by atoms with van der Waals surface area (Å²) in [5, 5.41) is 0. The highest BCUT2D eigenvalue weighted by molar-refractivity contribution is 5.94. The van der Waals surface area contributed by atoms with Gasteiger partial charge < -0.3 is 14.2 Å². The summed E-state index contributed by atoms with van der Waals surface area (Å²) in [6.45, 7) is 4.30. The van der Waals surface area contributed by atoms with Crippen molar-refractivity contribution >= 4 is 5.78 Å². The number of methoxy groups -OCH3 is 1. The van der Waals surface area contributed by atoms with E-state index in [1.807, 2.05) is 50.2 Å². The van der Waals surface area contributed by atoms with Crippen LogP contribution < -0.4 is 14.2 Å². The largest absolute Gasteiger partial charge is 0.496 e. The van der Waals surface area contributed by atoms with E-state index in [4.69, 9.17) is 19.2 Å². The molecule has 158 valence electrons. The molecule has 2 aromatic carbocycles. The van der Waals surface area contributed by atoms with E-state index in [2.05, 4.69) is 12.1 Å². The number of rotatable bonds is 6. The zero-order valence-corrected chi connectivity index (χ0v) is 18.0. The topological polar surface area (TPSA) is 57.7 Å². The summed E-state index contributed by atoms with van der Waals surface area (Å²) in [7, 11) is 1.69. The summed E-state index contributed by atoms with van der Waals surface area (Å²) in [5.41, 5.74) is 5.42. The van der Waals surface area contributed by atoms with Crippen LogP contribution in [0.25, 0.3) is 11.3 Å². The van der Waals surface area contributed by atoms with Crippen LogP contribution in [0, 0.1) is 13.8 Å². The molecule has 1 aliphatic carbocycles. The SMILES string of the molecule is COc1c(C)cc(-c2cccc(CC(=O)C3(c4ccc5c(c4)OCO5)CC3)n2)cc1C. The molecule has 1 saturated carbocycles. The van der Waals surface area contributed by atoms with Gasteiger partial charge in [-0.05, 0) is 79.8 Å². The van der Waals surface area contributed by atoms with Crippen molar-refractivity contribution in [1.29, 1.82) is 0 Å². The second-order valence-corrected chi connectivity index (χ2v) is 8.41. The first-order chi connectivity index (χ1) is 15.0. The lowest BCUT2D eigenvalue weighted by atomic mass is 9.88. The maximum Gasteiger partial charge on any atom is 0.231 e. The van der Waals surface area contributed by atoms with Crippen LogP contribution in [-0.2, 0) is 16.6 Å². The molecule has 0 bridgehead atoms. The Morgan fingerprint density at radius 1 is 1.03 bits per heavy atom. The molecule has 2 heterocycles. The van der Waals surface area contributed by atoms with Gasteiger partial charge in [-0.2, -0.15) is 0 Å². The van der Waals surface area contributed by atoms with E-state index >= 15 is 0 Å². The molecular formula is C26H25NO4. The van der Waals surface area contributed by atoms with Crippen molar-refractivity contribution in [3.05, 3.63) is 70.9 Å². The van der Waals surface area contributed by atoms with Gasteiger partial charge in [0.1, 0.15) is 11.5 Å². The van der Waals surface area contributed by atoms with Crippen molar-refractivity contribution in [2.75, 3.05) is 13.9 Å². The van der Waals surface area contributed by atoms with Gasteiger partial charge in [0.2, 0.25) is 6.79 Å². The summed E-state index contributed by atoms with van der Waals surface area (Å²) in [6, 6.07) is 15.9. The Labute approximate surface area is 182 Å². The van der Waals surface area contributed by atoms with Crippen LogP contribution in [0.2, 0.25) is 0 Å². The third-order valence-electron chi connectivity index (χ3n) is 6.32. The summed E-state index contributed by atoms with van der Waals surface area (Å²) >= 11 is 0. The molecule has 3 aromatic rings. The second kappa shape index (κ2) is 7.41. The van der Waals surface area contributed by atoms with Crippen LogP contribution in [0.5, 0.6) is 17.2 Å². The van der Waals surface area contributed by atoms with E-state index in [0.717, 1.165) is 63.7 Å². The van der Waals surface area contributed by atoms with Crippen molar-refractivity contribution in [3.8, 4) is 28.5 Å². The molecule has 0 unspecified atom stereocenters. The Balaban J connectivity index is 1.39. The molecule has 5 nitrogen and oxygen atoms in total. The number of ether oxygens (including phenoxy) is 3. The van der Waals surface area contributed by atoms with E-state index in [0.29, 0.717) is 6.42 Å². The molecule has 5 heteroatoms. The van der Waals surface area contributed by atoms with E-state index in [9.17, 15) is 4.79 Å². The first kappa shape index (κ1) is 19.6. The second-order valence-electron chi connectivity index (χ2n) is 8.41. The molecule has 1 aliphatic heterocycles. The van der Waals surface area contributed by atoms with Gasteiger partial charge in [0.15, 0.2) is 11.5 Å². The average Bonchev–Trinajstić information content (AvgIpc) is 3.45. The minimum atomic E-state index is -0.425. The third kappa shape index (κ3) is 3.44. The van der Waals surface area contributed by atoms with Gasteiger partial charge in [-0.25, -0.2) is 0 Å². The molecule has 2 aliphatic rings. The Hall–Kier alpha value is -3.34. The monoisotopic (exact) mass is 415 g/mol. The maximum atomic E-state index is 13.3. The Morgan fingerprint density at radius 3 is 2.48 bits per heavy atom. The Bertz CT molecular complexity index is 1160. The number of carbonyl (C=O) groups excluding carboxylic acids is 1. The van der Waals surface area contributed by atoms with Crippen LogP contribution in [0.1, 0.15) is 35.2 Å². The number of nitrogens with zero attached hydrogens (tertiary/aromatic N) is 1. The lowest BCUT2D eigenvalue weighted by Crippen LogP contribution is -2.23. The minimum Gasteiger partial charge on any atom is -0.496 e. The van der Waals surface area contributed by atoms with E-state index in [1.165, 1.54) is 0 Å². The van der Waals surface area contributed by atoms with Crippen LogP contribution in [0.4, 0.5) is 0 Å².